The fourth-order valence-corrected chi connectivity index (χ4v) is 2.23. The van der Waals surface area contributed by atoms with Gasteiger partial charge >= 0.3 is 0 Å². The van der Waals surface area contributed by atoms with E-state index in [2.05, 4.69) is 0 Å². The number of hydrogen-bond acceptors (Lipinski definition) is 1. The largest absolute Gasteiger partial charge is 0.369 e. The highest BCUT2D eigenvalue weighted by molar-refractivity contribution is 5.50. The molecule has 0 saturated carbocycles. The van der Waals surface area contributed by atoms with E-state index >= 15 is 0 Å². The summed E-state index contributed by atoms with van der Waals surface area (Å²) in [5, 5.41) is 0. The Labute approximate surface area is 95.1 Å². The Bertz CT molecular complexity index is 370. The van der Waals surface area contributed by atoms with E-state index in [1.165, 1.54) is 6.42 Å². The fourth-order valence-electron chi connectivity index (χ4n) is 2.23. The molecular formula is C13H17F2N. The van der Waals surface area contributed by atoms with Gasteiger partial charge < -0.3 is 4.90 Å². The molecule has 0 radical (unpaired) electrons. The van der Waals surface area contributed by atoms with Crippen LogP contribution in [0.2, 0.25) is 0 Å². The zero-order valence-electron chi connectivity index (χ0n) is 9.60. The van der Waals surface area contributed by atoms with Crippen molar-refractivity contribution in [3.05, 3.63) is 29.3 Å². The van der Waals surface area contributed by atoms with Gasteiger partial charge in [-0.2, -0.15) is 0 Å². The zero-order chi connectivity index (χ0) is 11.5. The van der Waals surface area contributed by atoms with Crippen molar-refractivity contribution in [1.82, 2.24) is 0 Å². The summed E-state index contributed by atoms with van der Waals surface area (Å²) < 4.78 is 27.4. The van der Waals surface area contributed by atoms with Crippen molar-refractivity contribution in [2.75, 3.05) is 18.0 Å². The maximum absolute atomic E-state index is 13.8. The van der Waals surface area contributed by atoms with Crippen LogP contribution < -0.4 is 4.90 Å². The van der Waals surface area contributed by atoms with Crippen molar-refractivity contribution in [2.45, 2.75) is 32.6 Å². The van der Waals surface area contributed by atoms with Crippen LogP contribution in [0, 0.1) is 11.6 Å². The van der Waals surface area contributed by atoms with Crippen molar-refractivity contribution >= 4 is 5.69 Å². The molecule has 1 aromatic carbocycles. The third kappa shape index (κ3) is 2.04. The minimum absolute atomic E-state index is 0.425. The van der Waals surface area contributed by atoms with Gasteiger partial charge in [-0.3, -0.25) is 0 Å². The van der Waals surface area contributed by atoms with Crippen LogP contribution in [0.1, 0.15) is 31.7 Å². The first-order valence-corrected chi connectivity index (χ1v) is 5.96. The van der Waals surface area contributed by atoms with Gasteiger partial charge in [-0.1, -0.05) is 13.0 Å². The highest BCUT2D eigenvalue weighted by Gasteiger charge is 2.18. The Kier molecular flexibility index (Phi) is 3.42. The second kappa shape index (κ2) is 4.81. The first-order chi connectivity index (χ1) is 7.74. The normalized spacial score (nSPS) is 16.6. The third-order valence-corrected chi connectivity index (χ3v) is 3.22. The molecule has 1 saturated heterocycles. The van der Waals surface area contributed by atoms with Gasteiger partial charge in [0.15, 0.2) is 11.6 Å². The molecule has 0 atom stereocenters. The van der Waals surface area contributed by atoms with E-state index in [1.807, 2.05) is 11.8 Å². The molecule has 0 unspecified atom stereocenters. The molecule has 0 N–H and O–H groups in total. The summed E-state index contributed by atoms with van der Waals surface area (Å²) in [5.74, 6) is -1.35. The number of halogens is 2. The predicted octanol–water partition coefficient (Wildman–Crippen LogP) is 3.52. The first-order valence-electron chi connectivity index (χ1n) is 5.96. The Hall–Kier alpha value is -1.12. The van der Waals surface area contributed by atoms with Crippen molar-refractivity contribution in [1.29, 1.82) is 0 Å². The summed E-state index contributed by atoms with van der Waals surface area (Å²) in [6, 6.07) is 3.41. The van der Waals surface area contributed by atoms with Crippen LogP contribution in [0.25, 0.3) is 0 Å². The summed E-state index contributed by atoms with van der Waals surface area (Å²) in [6.45, 7) is 3.50. The van der Waals surface area contributed by atoms with Crippen LogP contribution in [0.4, 0.5) is 14.5 Å². The third-order valence-electron chi connectivity index (χ3n) is 3.22. The van der Waals surface area contributed by atoms with Gasteiger partial charge in [0, 0.05) is 13.1 Å². The van der Waals surface area contributed by atoms with Gasteiger partial charge in [-0.15, -0.1) is 0 Å². The molecule has 2 rings (SSSR count). The van der Waals surface area contributed by atoms with Crippen molar-refractivity contribution < 1.29 is 8.78 Å². The molecule has 1 nitrogen and oxygen atoms in total. The molecule has 88 valence electrons. The van der Waals surface area contributed by atoms with E-state index in [0.29, 0.717) is 17.7 Å². The van der Waals surface area contributed by atoms with Crippen LogP contribution in [0.5, 0.6) is 0 Å². The second-order valence-corrected chi connectivity index (χ2v) is 4.27. The zero-order valence-corrected chi connectivity index (χ0v) is 9.60. The number of aryl methyl sites for hydroxylation is 1. The van der Waals surface area contributed by atoms with Crippen LogP contribution >= 0.6 is 0 Å². The van der Waals surface area contributed by atoms with E-state index in [0.717, 1.165) is 25.9 Å². The minimum Gasteiger partial charge on any atom is -0.369 e. The number of hydrogen-bond donors (Lipinski definition) is 0. The van der Waals surface area contributed by atoms with Crippen molar-refractivity contribution in [3.8, 4) is 0 Å². The lowest BCUT2D eigenvalue weighted by Gasteiger charge is -2.29. The molecule has 0 spiro atoms. The average molecular weight is 225 g/mol. The molecule has 1 aliphatic heterocycles. The molecule has 1 aliphatic rings. The molecule has 0 bridgehead atoms. The number of nitrogens with zero attached hydrogens (tertiary/aromatic N) is 1. The molecule has 3 heteroatoms. The van der Waals surface area contributed by atoms with Crippen molar-refractivity contribution in [2.24, 2.45) is 0 Å². The van der Waals surface area contributed by atoms with Gasteiger partial charge in [0.05, 0.1) is 5.69 Å². The molecular weight excluding hydrogens is 208 g/mol. The molecule has 1 fully saturated rings. The van der Waals surface area contributed by atoms with Crippen LogP contribution in [-0.4, -0.2) is 13.1 Å². The Morgan fingerprint density at radius 2 is 1.75 bits per heavy atom. The molecule has 1 aromatic rings. The van der Waals surface area contributed by atoms with E-state index in [4.69, 9.17) is 0 Å². The van der Waals surface area contributed by atoms with Crippen molar-refractivity contribution in [3.63, 3.8) is 0 Å². The van der Waals surface area contributed by atoms with Gasteiger partial charge in [-0.05, 0) is 37.3 Å². The minimum atomic E-state index is -0.679. The highest BCUT2D eigenvalue weighted by Crippen LogP contribution is 2.26. The Morgan fingerprint density at radius 1 is 1.06 bits per heavy atom. The average Bonchev–Trinajstić information content (AvgIpc) is 2.34. The van der Waals surface area contributed by atoms with Gasteiger partial charge in [0.25, 0.3) is 0 Å². The fraction of sp³-hybridized carbons (Fsp3) is 0.538. The predicted molar refractivity (Wildman–Crippen MR) is 61.8 cm³/mol. The number of anilines is 1. The number of rotatable bonds is 2. The molecule has 0 aromatic heterocycles. The lowest BCUT2D eigenvalue weighted by atomic mass is 10.1. The van der Waals surface area contributed by atoms with Gasteiger partial charge in [0.2, 0.25) is 0 Å². The highest BCUT2D eigenvalue weighted by atomic mass is 19.2. The standard InChI is InChI=1S/C13H17F2N/c1-2-10-6-7-11(13(15)12(10)14)16-8-4-3-5-9-16/h6-7H,2-5,8-9H2,1H3. The SMILES string of the molecule is CCc1ccc(N2CCCCC2)c(F)c1F. The lowest BCUT2D eigenvalue weighted by Crippen LogP contribution is -2.30. The van der Waals surface area contributed by atoms with Crippen LogP contribution in [0.3, 0.4) is 0 Å². The number of benzene rings is 1. The number of piperidine rings is 1. The van der Waals surface area contributed by atoms with Crippen LogP contribution in [-0.2, 0) is 6.42 Å². The summed E-state index contributed by atoms with van der Waals surface area (Å²) >= 11 is 0. The van der Waals surface area contributed by atoms with E-state index in [1.54, 1.807) is 12.1 Å². The van der Waals surface area contributed by atoms with Gasteiger partial charge in [-0.25, -0.2) is 8.78 Å². The molecule has 0 amide bonds. The maximum atomic E-state index is 13.8. The Morgan fingerprint density at radius 3 is 2.38 bits per heavy atom. The molecule has 1 heterocycles. The summed E-state index contributed by atoms with van der Waals surface area (Å²) in [6.07, 6.45) is 3.85. The lowest BCUT2D eigenvalue weighted by molar-refractivity contribution is 0.490. The van der Waals surface area contributed by atoms with E-state index in [9.17, 15) is 8.78 Å². The smallest absolute Gasteiger partial charge is 0.182 e. The molecule has 16 heavy (non-hydrogen) atoms. The second-order valence-electron chi connectivity index (χ2n) is 4.27. The summed E-state index contributed by atoms with van der Waals surface area (Å²) in [7, 11) is 0. The first kappa shape index (κ1) is 11.4. The monoisotopic (exact) mass is 225 g/mol. The topological polar surface area (TPSA) is 3.24 Å². The van der Waals surface area contributed by atoms with Gasteiger partial charge in [0.1, 0.15) is 0 Å². The van der Waals surface area contributed by atoms with Crippen LogP contribution in [0.15, 0.2) is 12.1 Å². The quantitative estimate of drug-likeness (QED) is 0.744. The summed E-state index contributed by atoms with van der Waals surface area (Å²) in [5.41, 5.74) is 0.882. The molecule has 0 aliphatic carbocycles. The van der Waals surface area contributed by atoms with E-state index < -0.39 is 11.6 Å². The summed E-state index contributed by atoms with van der Waals surface area (Å²) in [4.78, 5) is 1.95. The van der Waals surface area contributed by atoms with E-state index in [-0.39, 0.29) is 0 Å². The maximum Gasteiger partial charge on any atom is 0.182 e. The Balaban J connectivity index is 2.30.